The molecule has 5 aromatic carbocycles. The smallest absolute Gasteiger partial charge is 0.0714 e. The van der Waals surface area contributed by atoms with Gasteiger partial charge in [0.05, 0.1) is 5.41 Å². The molecule has 32 heavy (non-hydrogen) atoms. The minimum Gasteiger partial charge on any atom is -0.399 e. The largest absolute Gasteiger partial charge is 0.399 e. The van der Waals surface area contributed by atoms with E-state index in [9.17, 15) is 0 Å². The molecule has 6 rings (SSSR count). The molecule has 0 fully saturated rings. The standard InChI is InChI=1S/C31H23N/c32-25-19-20-27-29(21-25)31(23-13-6-2-7-14-23,24-15-8-3-9-16-24)28-18-10-17-26(30(27)28)22-11-4-1-5-12-22/h1-21H,32H2. The van der Waals surface area contributed by atoms with Gasteiger partial charge in [0.25, 0.3) is 0 Å². The topological polar surface area (TPSA) is 26.0 Å². The summed E-state index contributed by atoms with van der Waals surface area (Å²) in [6, 6.07) is 45.4. The van der Waals surface area contributed by atoms with Gasteiger partial charge in [-0.15, -0.1) is 0 Å². The Balaban J connectivity index is 1.80. The third kappa shape index (κ3) is 2.58. The zero-order chi connectivity index (χ0) is 21.5. The summed E-state index contributed by atoms with van der Waals surface area (Å²) in [6.45, 7) is 0. The second kappa shape index (κ2) is 7.25. The van der Waals surface area contributed by atoms with Gasteiger partial charge >= 0.3 is 0 Å². The minimum absolute atomic E-state index is 0.423. The summed E-state index contributed by atoms with van der Waals surface area (Å²) in [4.78, 5) is 0. The summed E-state index contributed by atoms with van der Waals surface area (Å²) in [6.07, 6.45) is 0. The Hall–Kier alpha value is -4.10. The highest BCUT2D eigenvalue weighted by atomic mass is 14.6. The number of fused-ring (bicyclic) bond motifs is 3. The van der Waals surface area contributed by atoms with Gasteiger partial charge in [-0.1, -0.05) is 115 Å². The Morgan fingerprint density at radius 1 is 0.469 bits per heavy atom. The van der Waals surface area contributed by atoms with Crippen molar-refractivity contribution in [2.45, 2.75) is 5.41 Å². The number of rotatable bonds is 3. The van der Waals surface area contributed by atoms with Crippen LogP contribution < -0.4 is 5.73 Å². The van der Waals surface area contributed by atoms with Crippen molar-refractivity contribution in [3.05, 3.63) is 150 Å². The molecule has 1 aliphatic carbocycles. The second-order valence-corrected chi connectivity index (χ2v) is 8.38. The number of nitrogen functional groups attached to an aromatic ring is 1. The van der Waals surface area contributed by atoms with Crippen LogP contribution in [0.15, 0.2) is 127 Å². The minimum atomic E-state index is -0.423. The molecule has 0 saturated carbocycles. The Bertz CT molecular complexity index is 1360. The molecule has 1 heteroatoms. The molecule has 0 aromatic heterocycles. The van der Waals surface area contributed by atoms with E-state index in [-0.39, 0.29) is 0 Å². The lowest BCUT2D eigenvalue weighted by Gasteiger charge is -2.34. The maximum atomic E-state index is 6.39. The molecule has 1 nitrogen and oxygen atoms in total. The van der Waals surface area contributed by atoms with Crippen LogP contribution in [0.2, 0.25) is 0 Å². The summed E-state index contributed by atoms with van der Waals surface area (Å²) in [7, 11) is 0. The van der Waals surface area contributed by atoms with Crippen LogP contribution in [0.1, 0.15) is 22.3 Å². The molecule has 2 N–H and O–H groups in total. The van der Waals surface area contributed by atoms with E-state index < -0.39 is 5.41 Å². The molecule has 0 bridgehead atoms. The Morgan fingerprint density at radius 2 is 1.06 bits per heavy atom. The molecule has 0 atom stereocenters. The quantitative estimate of drug-likeness (QED) is 0.305. The Morgan fingerprint density at radius 3 is 1.69 bits per heavy atom. The van der Waals surface area contributed by atoms with Crippen molar-refractivity contribution in [2.24, 2.45) is 0 Å². The van der Waals surface area contributed by atoms with Gasteiger partial charge in [-0.2, -0.15) is 0 Å². The molecule has 152 valence electrons. The maximum absolute atomic E-state index is 6.39. The van der Waals surface area contributed by atoms with E-state index in [0.29, 0.717) is 0 Å². The lowest BCUT2D eigenvalue weighted by atomic mass is 9.67. The molecule has 0 heterocycles. The number of anilines is 1. The van der Waals surface area contributed by atoms with E-state index in [1.54, 1.807) is 0 Å². The van der Waals surface area contributed by atoms with Gasteiger partial charge in [-0.05, 0) is 56.6 Å². The van der Waals surface area contributed by atoms with E-state index in [4.69, 9.17) is 5.73 Å². The van der Waals surface area contributed by atoms with Gasteiger partial charge in [-0.25, -0.2) is 0 Å². The zero-order valence-electron chi connectivity index (χ0n) is 17.7. The van der Waals surface area contributed by atoms with Crippen molar-refractivity contribution in [3.8, 4) is 22.3 Å². The molecule has 1 aliphatic rings. The van der Waals surface area contributed by atoms with Crippen LogP contribution in [-0.2, 0) is 5.41 Å². The van der Waals surface area contributed by atoms with Crippen molar-refractivity contribution in [3.63, 3.8) is 0 Å². The number of hydrogen-bond donors (Lipinski definition) is 1. The normalized spacial score (nSPS) is 13.4. The number of hydrogen-bond acceptors (Lipinski definition) is 1. The zero-order valence-corrected chi connectivity index (χ0v) is 17.7. The number of benzene rings is 5. The fourth-order valence-electron chi connectivity index (χ4n) is 5.41. The lowest BCUT2D eigenvalue weighted by Crippen LogP contribution is -2.28. The second-order valence-electron chi connectivity index (χ2n) is 8.38. The summed E-state index contributed by atoms with van der Waals surface area (Å²) in [5.41, 5.74) is 16.8. The summed E-state index contributed by atoms with van der Waals surface area (Å²) in [5, 5.41) is 0. The van der Waals surface area contributed by atoms with Crippen molar-refractivity contribution < 1.29 is 0 Å². The molecule has 0 aliphatic heterocycles. The lowest BCUT2D eigenvalue weighted by molar-refractivity contribution is 0.769. The first-order valence-corrected chi connectivity index (χ1v) is 11.0. The first-order chi connectivity index (χ1) is 15.8. The van der Waals surface area contributed by atoms with Crippen LogP contribution in [0.5, 0.6) is 0 Å². The highest BCUT2D eigenvalue weighted by molar-refractivity contribution is 5.96. The van der Waals surface area contributed by atoms with Gasteiger partial charge in [0.1, 0.15) is 0 Å². The predicted octanol–water partition coefficient (Wildman–Crippen LogP) is 7.30. The summed E-state index contributed by atoms with van der Waals surface area (Å²) >= 11 is 0. The van der Waals surface area contributed by atoms with Crippen molar-refractivity contribution in [1.82, 2.24) is 0 Å². The summed E-state index contributed by atoms with van der Waals surface area (Å²) < 4.78 is 0. The highest BCUT2D eigenvalue weighted by Crippen LogP contribution is 2.58. The first kappa shape index (κ1) is 18.7. The monoisotopic (exact) mass is 409 g/mol. The molecule has 5 aromatic rings. The molecule has 0 amide bonds. The van der Waals surface area contributed by atoms with Crippen molar-refractivity contribution in [2.75, 3.05) is 5.73 Å². The van der Waals surface area contributed by atoms with E-state index in [2.05, 4.69) is 121 Å². The van der Waals surface area contributed by atoms with E-state index in [0.717, 1.165) is 5.69 Å². The molecule has 0 saturated heterocycles. The van der Waals surface area contributed by atoms with Crippen molar-refractivity contribution in [1.29, 1.82) is 0 Å². The first-order valence-electron chi connectivity index (χ1n) is 11.0. The molecule has 0 unspecified atom stereocenters. The van der Waals surface area contributed by atoms with Gasteiger partial charge in [0.2, 0.25) is 0 Å². The molecular weight excluding hydrogens is 386 g/mol. The Labute approximate surface area is 188 Å². The average Bonchev–Trinajstić information content (AvgIpc) is 3.16. The van der Waals surface area contributed by atoms with Gasteiger partial charge in [0.15, 0.2) is 0 Å². The number of nitrogens with two attached hydrogens (primary N) is 1. The molecule has 0 radical (unpaired) electrons. The molecular formula is C31H23N. The fourth-order valence-corrected chi connectivity index (χ4v) is 5.41. The van der Waals surface area contributed by atoms with E-state index in [1.807, 2.05) is 6.07 Å². The maximum Gasteiger partial charge on any atom is 0.0714 e. The van der Waals surface area contributed by atoms with Crippen LogP contribution in [-0.4, -0.2) is 0 Å². The van der Waals surface area contributed by atoms with Crippen LogP contribution in [0.4, 0.5) is 5.69 Å². The molecule has 0 spiro atoms. The average molecular weight is 410 g/mol. The highest BCUT2D eigenvalue weighted by Gasteiger charge is 2.46. The van der Waals surface area contributed by atoms with E-state index in [1.165, 1.54) is 44.5 Å². The third-order valence-corrected chi connectivity index (χ3v) is 6.68. The predicted molar refractivity (Wildman–Crippen MR) is 134 cm³/mol. The van der Waals surface area contributed by atoms with Crippen LogP contribution >= 0.6 is 0 Å². The van der Waals surface area contributed by atoms with Crippen LogP contribution in [0.25, 0.3) is 22.3 Å². The van der Waals surface area contributed by atoms with Crippen LogP contribution in [0, 0.1) is 0 Å². The van der Waals surface area contributed by atoms with Gasteiger partial charge in [0, 0.05) is 5.69 Å². The SMILES string of the molecule is Nc1ccc2c(c1)C(c1ccccc1)(c1ccccc1)c1cccc(-c3ccccc3)c1-2. The van der Waals surface area contributed by atoms with Crippen LogP contribution in [0.3, 0.4) is 0 Å². The van der Waals surface area contributed by atoms with Gasteiger partial charge in [-0.3, -0.25) is 0 Å². The summed E-state index contributed by atoms with van der Waals surface area (Å²) in [5.74, 6) is 0. The van der Waals surface area contributed by atoms with Crippen molar-refractivity contribution >= 4 is 5.69 Å². The third-order valence-electron chi connectivity index (χ3n) is 6.68. The fraction of sp³-hybridized carbons (Fsp3) is 0.0323. The van der Waals surface area contributed by atoms with E-state index >= 15 is 0 Å². The Kier molecular flexibility index (Phi) is 4.22. The van der Waals surface area contributed by atoms with Gasteiger partial charge < -0.3 is 5.73 Å².